The number of hydrogen-bond acceptors (Lipinski definition) is 5. The summed E-state index contributed by atoms with van der Waals surface area (Å²) in [6, 6.07) is 10.7. The third-order valence-electron chi connectivity index (χ3n) is 5.25. The Morgan fingerprint density at radius 1 is 1.09 bits per heavy atom. The number of benzene rings is 2. The zero-order valence-electron chi connectivity index (χ0n) is 19.2. The van der Waals surface area contributed by atoms with E-state index < -0.39 is 29.4 Å². The molecule has 33 heavy (non-hydrogen) atoms. The van der Waals surface area contributed by atoms with Crippen LogP contribution in [0.3, 0.4) is 0 Å². The Morgan fingerprint density at radius 2 is 1.79 bits per heavy atom. The molecule has 0 spiro atoms. The van der Waals surface area contributed by atoms with E-state index in [1.165, 1.54) is 6.07 Å². The van der Waals surface area contributed by atoms with E-state index in [4.69, 9.17) is 14.2 Å². The molecule has 2 aromatic carbocycles. The summed E-state index contributed by atoms with van der Waals surface area (Å²) in [6.45, 7) is 6.81. The summed E-state index contributed by atoms with van der Waals surface area (Å²) in [7, 11) is 0. The van der Waals surface area contributed by atoms with E-state index in [0.29, 0.717) is 31.7 Å². The van der Waals surface area contributed by atoms with E-state index in [2.05, 4.69) is 0 Å². The largest absolute Gasteiger partial charge is 0.493 e. The highest BCUT2D eigenvalue weighted by atomic mass is 19.1. The first kappa shape index (κ1) is 24.8. The molecule has 180 valence electrons. The molecule has 1 aliphatic heterocycles. The van der Waals surface area contributed by atoms with Crippen molar-refractivity contribution in [1.82, 2.24) is 4.90 Å². The first-order valence-electron chi connectivity index (χ1n) is 11.1. The molecule has 1 amide bonds. The first-order chi connectivity index (χ1) is 15.6. The summed E-state index contributed by atoms with van der Waals surface area (Å²) in [5.41, 5.74) is 0.409. The lowest BCUT2D eigenvalue weighted by molar-refractivity contribution is -0.00152. The van der Waals surface area contributed by atoms with Crippen LogP contribution in [0.25, 0.3) is 0 Å². The van der Waals surface area contributed by atoms with E-state index in [9.17, 15) is 18.7 Å². The highest BCUT2D eigenvalue weighted by Crippen LogP contribution is 2.30. The van der Waals surface area contributed by atoms with Gasteiger partial charge in [-0.15, -0.1) is 0 Å². The Bertz CT molecular complexity index is 929. The van der Waals surface area contributed by atoms with Gasteiger partial charge in [-0.1, -0.05) is 12.1 Å². The Labute approximate surface area is 193 Å². The van der Waals surface area contributed by atoms with Gasteiger partial charge in [0, 0.05) is 24.9 Å². The van der Waals surface area contributed by atoms with Gasteiger partial charge in [0.05, 0.1) is 25.9 Å². The van der Waals surface area contributed by atoms with Crippen LogP contribution in [0.15, 0.2) is 42.5 Å². The molecule has 1 N–H and O–H groups in total. The topological polar surface area (TPSA) is 68.2 Å². The molecule has 3 rings (SSSR count). The van der Waals surface area contributed by atoms with E-state index in [1.54, 1.807) is 4.90 Å². The highest BCUT2D eigenvalue weighted by molar-refractivity contribution is 5.68. The monoisotopic (exact) mass is 463 g/mol. The third-order valence-corrected chi connectivity index (χ3v) is 5.25. The number of nitrogens with zero attached hydrogens (tertiary/aromatic N) is 1. The van der Waals surface area contributed by atoms with Gasteiger partial charge < -0.3 is 24.2 Å². The van der Waals surface area contributed by atoms with Gasteiger partial charge in [0.2, 0.25) is 0 Å². The normalized spacial score (nSPS) is 18.7. The number of aliphatic hydroxyl groups excluding tert-OH is 1. The Kier molecular flexibility index (Phi) is 8.13. The minimum Gasteiger partial charge on any atom is -0.493 e. The van der Waals surface area contributed by atoms with Crippen LogP contribution in [0, 0.1) is 11.6 Å². The predicted octanol–water partition coefficient (Wildman–Crippen LogP) is 4.90. The number of β-amino-alcohol motifs (C(OH)–C–C–N with tert-alkyl or cyclic N) is 1. The maximum Gasteiger partial charge on any atom is 0.410 e. The molecule has 8 heteroatoms. The van der Waals surface area contributed by atoms with Gasteiger partial charge in [-0.2, -0.15) is 0 Å². The second-order valence-electron chi connectivity index (χ2n) is 9.08. The maximum absolute atomic E-state index is 13.5. The number of rotatable bonds is 7. The smallest absolute Gasteiger partial charge is 0.410 e. The van der Waals surface area contributed by atoms with Crippen LogP contribution in [0.4, 0.5) is 13.6 Å². The Hall–Kier alpha value is -2.87. The molecule has 1 saturated heterocycles. The van der Waals surface area contributed by atoms with Crippen molar-refractivity contribution in [2.24, 2.45) is 0 Å². The van der Waals surface area contributed by atoms with Crippen molar-refractivity contribution in [2.45, 2.75) is 51.2 Å². The number of ether oxygens (including phenoxy) is 3. The summed E-state index contributed by atoms with van der Waals surface area (Å²) in [5.74, 6) is -0.764. The number of aliphatic hydroxyl groups is 1. The Morgan fingerprint density at radius 3 is 2.42 bits per heavy atom. The second kappa shape index (κ2) is 10.8. The molecule has 1 fully saturated rings. The van der Waals surface area contributed by atoms with Gasteiger partial charge in [0.1, 0.15) is 17.2 Å². The maximum atomic E-state index is 13.5. The lowest BCUT2D eigenvalue weighted by Gasteiger charge is -2.36. The molecule has 0 aliphatic carbocycles. The third kappa shape index (κ3) is 7.32. The van der Waals surface area contributed by atoms with Crippen molar-refractivity contribution >= 4 is 6.09 Å². The minimum absolute atomic E-state index is 0.0111. The summed E-state index contributed by atoms with van der Waals surface area (Å²) in [6.07, 6.45) is 0.0788. The van der Waals surface area contributed by atoms with Crippen LogP contribution in [-0.4, -0.2) is 54.1 Å². The summed E-state index contributed by atoms with van der Waals surface area (Å²) >= 11 is 0. The van der Waals surface area contributed by atoms with Crippen molar-refractivity contribution in [1.29, 1.82) is 0 Å². The summed E-state index contributed by atoms with van der Waals surface area (Å²) in [4.78, 5) is 13.8. The summed E-state index contributed by atoms with van der Waals surface area (Å²) in [5, 5.41) is 10.6. The molecule has 0 radical (unpaired) electrons. The molecule has 6 nitrogen and oxygen atoms in total. The first-order valence-corrected chi connectivity index (χ1v) is 11.1. The van der Waals surface area contributed by atoms with Gasteiger partial charge in [0.25, 0.3) is 0 Å². The molecule has 2 aromatic rings. The average molecular weight is 464 g/mol. The van der Waals surface area contributed by atoms with Gasteiger partial charge in [0.15, 0.2) is 11.6 Å². The Balaban J connectivity index is 1.42. The van der Waals surface area contributed by atoms with Crippen LogP contribution in [0.1, 0.15) is 45.1 Å². The average Bonchev–Trinajstić information content (AvgIpc) is 2.74. The van der Waals surface area contributed by atoms with Crippen molar-refractivity contribution in [3.8, 4) is 11.5 Å². The molecule has 2 atom stereocenters. The highest BCUT2D eigenvalue weighted by Gasteiger charge is 2.33. The molecular formula is C25H31F2NO5. The van der Waals surface area contributed by atoms with E-state index in [-0.39, 0.29) is 24.8 Å². The minimum atomic E-state index is -0.731. The number of piperidine rings is 1. The zero-order chi connectivity index (χ0) is 24.0. The number of halogens is 2. The fourth-order valence-electron chi connectivity index (χ4n) is 3.65. The van der Waals surface area contributed by atoms with Gasteiger partial charge in [-0.25, -0.2) is 13.6 Å². The molecule has 1 aliphatic rings. The fraction of sp³-hybridized carbons (Fsp3) is 0.480. The molecule has 0 aromatic heterocycles. The van der Waals surface area contributed by atoms with Crippen LogP contribution in [0.5, 0.6) is 11.5 Å². The lowest BCUT2D eigenvalue weighted by atomic mass is 9.87. The van der Waals surface area contributed by atoms with Crippen LogP contribution >= 0.6 is 0 Å². The van der Waals surface area contributed by atoms with E-state index in [0.717, 1.165) is 17.7 Å². The number of hydrogen-bond donors (Lipinski definition) is 1. The standard InChI is InChI=1S/C25H31F2NO5/c1-25(2,3)33-24(30)28-12-11-20(22(29)16-28)17-5-8-19(9-6-17)31-13-4-14-32-23-10-7-18(26)15-21(23)27/h5-10,15,20,22,29H,4,11-14,16H2,1-3H3. The van der Waals surface area contributed by atoms with Gasteiger partial charge in [-0.05, 0) is 57.0 Å². The van der Waals surface area contributed by atoms with Crippen LogP contribution < -0.4 is 9.47 Å². The van der Waals surface area contributed by atoms with Crippen molar-refractivity contribution in [2.75, 3.05) is 26.3 Å². The van der Waals surface area contributed by atoms with E-state index >= 15 is 0 Å². The van der Waals surface area contributed by atoms with Crippen molar-refractivity contribution in [3.63, 3.8) is 0 Å². The van der Waals surface area contributed by atoms with E-state index in [1.807, 2.05) is 45.0 Å². The fourth-order valence-corrected chi connectivity index (χ4v) is 3.65. The zero-order valence-corrected chi connectivity index (χ0v) is 19.2. The molecule has 0 bridgehead atoms. The number of carbonyl (C=O) groups is 1. The van der Waals surface area contributed by atoms with Gasteiger partial charge in [-0.3, -0.25) is 0 Å². The van der Waals surface area contributed by atoms with Gasteiger partial charge >= 0.3 is 6.09 Å². The van der Waals surface area contributed by atoms with Crippen molar-refractivity contribution in [3.05, 3.63) is 59.7 Å². The molecule has 1 heterocycles. The SMILES string of the molecule is CC(C)(C)OC(=O)N1CCC(c2ccc(OCCCOc3ccc(F)cc3F)cc2)C(O)C1. The summed E-state index contributed by atoms with van der Waals surface area (Å²) < 4.78 is 42.8. The van der Waals surface area contributed by atoms with Crippen molar-refractivity contribution < 1.29 is 32.9 Å². The second-order valence-corrected chi connectivity index (χ2v) is 9.08. The lowest BCUT2D eigenvalue weighted by Crippen LogP contribution is -2.47. The predicted molar refractivity (Wildman–Crippen MR) is 120 cm³/mol. The number of carbonyl (C=O) groups excluding carboxylic acids is 1. The quantitative estimate of drug-likeness (QED) is 0.592. The molecular weight excluding hydrogens is 432 g/mol. The molecule has 2 unspecified atom stereocenters. The van der Waals surface area contributed by atoms with Crippen LogP contribution in [-0.2, 0) is 4.74 Å². The van der Waals surface area contributed by atoms with Crippen LogP contribution in [0.2, 0.25) is 0 Å². The number of amides is 1. The number of likely N-dealkylation sites (tertiary alicyclic amines) is 1. The molecule has 0 saturated carbocycles.